The number of nitrogens with one attached hydrogen (secondary N) is 2. The van der Waals surface area contributed by atoms with Gasteiger partial charge in [-0.1, -0.05) is 6.92 Å². The Morgan fingerprint density at radius 1 is 1.14 bits per heavy atom. The van der Waals surface area contributed by atoms with E-state index in [9.17, 15) is 8.42 Å². The van der Waals surface area contributed by atoms with Gasteiger partial charge in [-0.25, -0.2) is 0 Å². The number of thioether (sulfide) groups is 1. The van der Waals surface area contributed by atoms with Crippen LogP contribution in [-0.2, 0) is 10.2 Å². The summed E-state index contributed by atoms with van der Waals surface area (Å²) in [5, 5.41) is 3.44. The third-order valence-electron chi connectivity index (χ3n) is 4.31. The Labute approximate surface area is 133 Å². The summed E-state index contributed by atoms with van der Waals surface area (Å²) in [5.74, 6) is 2.76. The van der Waals surface area contributed by atoms with E-state index in [2.05, 4.69) is 17.0 Å². The molecule has 2 N–H and O–H groups in total. The zero-order valence-electron chi connectivity index (χ0n) is 13.0. The minimum absolute atomic E-state index is 0.139. The van der Waals surface area contributed by atoms with Gasteiger partial charge in [-0.05, 0) is 62.6 Å². The van der Waals surface area contributed by atoms with Crippen LogP contribution in [0.5, 0.6) is 0 Å². The molecule has 2 fully saturated rings. The molecule has 7 heteroatoms. The van der Waals surface area contributed by atoms with Crippen molar-refractivity contribution in [1.29, 1.82) is 0 Å². The summed E-state index contributed by atoms with van der Waals surface area (Å²) in [7, 11) is -3.28. The van der Waals surface area contributed by atoms with Crippen LogP contribution in [0.1, 0.15) is 39.0 Å². The van der Waals surface area contributed by atoms with Gasteiger partial charge in [0.05, 0.1) is 0 Å². The summed E-state index contributed by atoms with van der Waals surface area (Å²) in [5.41, 5.74) is 0. The lowest BCUT2D eigenvalue weighted by atomic mass is 9.98. The number of hydrogen-bond acceptors (Lipinski definition) is 4. The lowest BCUT2D eigenvalue weighted by Crippen LogP contribution is -2.49. The third kappa shape index (κ3) is 5.71. The fourth-order valence-corrected chi connectivity index (χ4v) is 5.54. The maximum Gasteiger partial charge on any atom is 0.279 e. The van der Waals surface area contributed by atoms with Gasteiger partial charge >= 0.3 is 0 Å². The topological polar surface area (TPSA) is 61.4 Å². The monoisotopic (exact) mass is 335 g/mol. The molecule has 0 spiro atoms. The first kappa shape index (κ1) is 17.5. The van der Waals surface area contributed by atoms with Crippen LogP contribution in [0, 0.1) is 5.92 Å². The van der Waals surface area contributed by atoms with Gasteiger partial charge < -0.3 is 5.32 Å². The molecule has 0 aromatic carbocycles. The average molecular weight is 336 g/mol. The standard InChI is InChI=1S/C14H29N3O2S2/c1-2-7-15-12-13-3-8-17(9-4-13)21(18,19)16-14-5-10-20-11-6-14/h13-16H,2-12H2,1H3. The van der Waals surface area contributed by atoms with Crippen molar-refractivity contribution in [3.63, 3.8) is 0 Å². The van der Waals surface area contributed by atoms with Crippen molar-refractivity contribution in [3.8, 4) is 0 Å². The molecule has 0 saturated carbocycles. The Bertz CT molecular complexity index is 389. The van der Waals surface area contributed by atoms with Crippen LogP contribution in [0.3, 0.4) is 0 Å². The highest BCUT2D eigenvalue weighted by Crippen LogP contribution is 2.21. The Morgan fingerprint density at radius 3 is 2.43 bits per heavy atom. The SMILES string of the molecule is CCCNCC1CCN(S(=O)(=O)NC2CCSCC2)CC1. The molecule has 21 heavy (non-hydrogen) atoms. The first-order valence-corrected chi connectivity index (χ1v) is 10.8. The minimum atomic E-state index is -3.28. The van der Waals surface area contributed by atoms with E-state index in [1.807, 2.05) is 11.8 Å². The summed E-state index contributed by atoms with van der Waals surface area (Å²) < 4.78 is 29.4. The Balaban J connectivity index is 1.74. The first-order valence-electron chi connectivity index (χ1n) is 8.17. The Morgan fingerprint density at radius 2 is 1.81 bits per heavy atom. The highest BCUT2D eigenvalue weighted by Gasteiger charge is 2.30. The van der Waals surface area contributed by atoms with E-state index in [1.54, 1.807) is 4.31 Å². The smallest absolute Gasteiger partial charge is 0.279 e. The zero-order valence-corrected chi connectivity index (χ0v) is 14.6. The van der Waals surface area contributed by atoms with E-state index < -0.39 is 10.2 Å². The Kier molecular flexibility index (Phi) is 7.28. The zero-order chi connectivity index (χ0) is 15.1. The molecular formula is C14H29N3O2S2. The Hall–Kier alpha value is 0.180. The van der Waals surface area contributed by atoms with Crippen LogP contribution in [0.25, 0.3) is 0 Å². The third-order valence-corrected chi connectivity index (χ3v) is 7.04. The second-order valence-corrected chi connectivity index (χ2v) is 8.98. The number of piperidine rings is 1. The maximum absolute atomic E-state index is 12.4. The molecule has 2 aliphatic rings. The maximum atomic E-state index is 12.4. The molecule has 0 aromatic heterocycles. The minimum Gasteiger partial charge on any atom is -0.316 e. The normalized spacial score (nSPS) is 23.5. The molecule has 2 heterocycles. The van der Waals surface area contributed by atoms with Gasteiger partial charge in [0.15, 0.2) is 0 Å². The van der Waals surface area contributed by atoms with Crippen molar-refractivity contribution in [2.75, 3.05) is 37.7 Å². The summed E-state index contributed by atoms with van der Waals surface area (Å²) in [6.07, 6.45) is 5.01. The van der Waals surface area contributed by atoms with Gasteiger partial charge in [-0.2, -0.15) is 29.2 Å². The van der Waals surface area contributed by atoms with E-state index in [4.69, 9.17) is 0 Å². The molecule has 0 aliphatic carbocycles. The van der Waals surface area contributed by atoms with Crippen LogP contribution in [0.4, 0.5) is 0 Å². The van der Waals surface area contributed by atoms with Crippen LogP contribution in [0.15, 0.2) is 0 Å². The average Bonchev–Trinajstić information content (AvgIpc) is 2.49. The van der Waals surface area contributed by atoms with Crippen LogP contribution in [-0.4, -0.2) is 56.4 Å². The summed E-state index contributed by atoms with van der Waals surface area (Å²) in [6.45, 7) is 5.57. The van der Waals surface area contributed by atoms with Crippen LogP contribution >= 0.6 is 11.8 Å². The van der Waals surface area contributed by atoms with Crippen molar-refractivity contribution in [2.24, 2.45) is 5.92 Å². The number of hydrogen-bond donors (Lipinski definition) is 2. The first-order chi connectivity index (χ1) is 10.1. The molecule has 2 saturated heterocycles. The van der Waals surface area contributed by atoms with E-state index in [0.717, 1.165) is 56.7 Å². The van der Waals surface area contributed by atoms with Gasteiger partial charge in [0.1, 0.15) is 0 Å². The molecule has 0 unspecified atom stereocenters. The summed E-state index contributed by atoms with van der Waals surface area (Å²) in [4.78, 5) is 0. The molecule has 0 aromatic rings. The quantitative estimate of drug-likeness (QED) is 0.691. The molecule has 5 nitrogen and oxygen atoms in total. The van der Waals surface area contributed by atoms with Crippen molar-refractivity contribution < 1.29 is 8.42 Å². The molecule has 2 aliphatic heterocycles. The molecule has 0 amide bonds. The van der Waals surface area contributed by atoms with E-state index in [-0.39, 0.29) is 6.04 Å². The fourth-order valence-electron chi connectivity index (χ4n) is 2.94. The molecule has 0 atom stereocenters. The number of rotatable bonds is 7. The highest BCUT2D eigenvalue weighted by molar-refractivity contribution is 7.99. The van der Waals surface area contributed by atoms with E-state index in [1.165, 1.54) is 0 Å². The lowest BCUT2D eigenvalue weighted by Gasteiger charge is -2.33. The van der Waals surface area contributed by atoms with E-state index >= 15 is 0 Å². The highest BCUT2D eigenvalue weighted by atomic mass is 32.2. The summed E-state index contributed by atoms with van der Waals surface area (Å²) in [6, 6.07) is 0.139. The second kappa shape index (κ2) is 8.72. The van der Waals surface area contributed by atoms with Crippen LogP contribution < -0.4 is 10.0 Å². The second-order valence-electron chi connectivity index (χ2n) is 6.06. The van der Waals surface area contributed by atoms with Gasteiger partial charge in [-0.15, -0.1) is 0 Å². The predicted molar refractivity (Wildman–Crippen MR) is 89.9 cm³/mol. The van der Waals surface area contributed by atoms with Crippen LogP contribution in [0.2, 0.25) is 0 Å². The van der Waals surface area contributed by atoms with Gasteiger partial charge in [0, 0.05) is 19.1 Å². The predicted octanol–water partition coefficient (Wildman–Crippen LogP) is 1.43. The molecule has 0 radical (unpaired) electrons. The van der Waals surface area contributed by atoms with Gasteiger partial charge in [0.25, 0.3) is 10.2 Å². The summed E-state index contributed by atoms with van der Waals surface area (Å²) >= 11 is 1.91. The van der Waals surface area contributed by atoms with Gasteiger partial charge in [0.2, 0.25) is 0 Å². The largest absolute Gasteiger partial charge is 0.316 e. The number of nitrogens with zero attached hydrogens (tertiary/aromatic N) is 1. The van der Waals surface area contributed by atoms with Crippen molar-refractivity contribution in [1.82, 2.24) is 14.3 Å². The molecular weight excluding hydrogens is 306 g/mol. The molecule has 0 bridgehead atoms. The van der Waals surface area contributed by atoms with Crippen molar-refractivity contribution in [3.05, 3.63) is 0 Å². The lowest BCUT2D eigenvalue weighted by molar-refractivity contribution is 0.263. The van der Waals surface area contributed by atoms with Gasteiger partial charge in [-0.3, -0.25) is 0 Å². The molecule has 124 valence electrons. The van der Waals surface area contributed by atoms with E-state index in [0.29, 0.717) is 19.0 Å². The molecule has 2 rings (SSSR count). The fraction of sp³-hybridized carbons (Fsp3) is 1.00. The van der Waals surface area contributed by atoms with Crippen molar-refractivity contribution in [2.45, 2.75) is 45.1 Å². The van der Waals surface area contributed by atoms with Crippen molar-refractivity contribution >= 4 is 22.0 Å².